The summed E-state index contributed by atoms with van der Waals surface area (Å²) in [5.74, 6) is 0.965. The number of hydrogen-bond acceptors (Lipinski definition) is 4. The van der Waals surface area contributed by atoms with Gasteiger partial charge in [0.2, 0.25) is 0 Å². The maximum absolute atomic E-state index is 5.28. The smallest absolute Gasteiger partial charge is 0.198 e. The van der Waals surface area contributed by atoms with E-state index in [9.17, 15) is 0 Å². The Bertz CT molecular complexity index is 3960. The number of benzene rings is 8. The first kappa shape index (κ1) is 38.8. The number of hydrogen-bond donors (Lipinski definition) is 1. The standard InChI is InChI=1S/C58H46BN4S2/c1-57(2,3)33-17-20-35(21-18-33)60-45-30-53-42(41-25-34(58(4,5)6)19-24-51(41)65-53)26-39(45)37-22-23-38-40-28-52-43(36-15-11-12-16-50(36)64-52)27-47(40)63-48-31-49-46(29-44(48)59-54(37)55(38)63)61-56(62(49)7)32-13-9-8-10-14-32/h8-31,60H,1-7H3. The Hall–Kier alpha value is -6.67. The highest BCUT2D eigenvalue weighted by Gasteiger charge is 2.29. The molecule has 1 radical (unpaired) electrons. The molecule has 0 saturated carbocycles. The van der Waals surface area contributed by atoms with Gasteiger partial charge in [-0.05, 0) is 99.7 Å². The van der Waals surface area contributed by atoms with Crippen molar-refractivity contribution in [2.45, 2.75) is 52.4 Å². The van der Waals surface area contributed by atoms with Gasteiger partial charge < -0.3 is 14.5 Å². The van der Waals surface area contributed by atoms with Crippen LogP contribution in [0.1, 0.15) is 52.7 Å². The molecule has 0 saturated heterocycles. The molecule has 65 heavy (non-hydrogen) atoms. The summed E-state index contributed by atoms with van der Waals surface area (Å²) in [6.07, 6.45) is 0. The van der Waals surface area contributed by atoms with E-state index in [1.165, 1.54) is 95.6 Å². The van der Waals surface area contributed by atoms with Gasteiger partial charge in [-0.3, -0.25) is 0 Å². The van der Waals surface area contributed by atoms with E-state index in [1.54, 1.807) is 0 Å². The summed E-state index contributed by atoms with van der Waals surface area (Å²) in [4.78, 5) is 5.28. The van der Waals surface area contributed by atoms with Crippen LogP contribution in [0.3, 0.4) is 0 Å². The van der Waals surface area contributed by atoms with Crippen LogP contribution in [0.25, 0.3) is 101 Å². The summed E-state index contributed by atoms with van der Waals surface area (Å²) in [7, 11) is 4.59. The Labute approximate surface area is 387 Å². The van der Waals surface area contributed by atoms with Crippen molar-refractivity contribution >= 4 is 125 Å². The molecule has 1 aliphatic heterocycles. The summed E-state index contributed by atoms with van der Waals surface area (Å²) >= 11 is 3.77. The van der Waals surface area contributed by atoms with Gasteiger partial charge in [0.15, 0.2) is 7.28 Å². The lowest BCUT2D eigenvalue weighted by molar-refractivity contribution is 0.590. The number of aromatic nitrogens is 3. The molecule has 4 nitrogen and oxygen atoms in total. The molecule has 0 spiro atoms. The second-order valence-corrected chi connectivity index (χ2v) is 22.2. The van der Waals surface area contributed by atoms with Crippen LogP contribution in [0.4, 0.5) is 11.4 Å². The van der Waals surface area contributed by atoms with Crippen molar-refractivity contribution in [2.24, 2.45) is 7.05 Å². The minimum absolute atomic E-state index is 0.0403. The highest BCUT2D eigenvalue weighted by molar-refractivity contribution is 7.26. The van der Waals surface area contributed by atoms with E-state index in [1.807, 2.05) is 22.7 Å². The molecule has 13 rings (SSSR count). The van der Waals surface area contributed by atoms with Crippen molar-refractivity contribution < 1.29 is 0 Å². The van der Waals surface area contributed by atoms with E-state index in [4.69, 9.17) is 4.98 Å². The summed E-state index contributed by atoms with van der Waals surface area (Å²) in [5, 5.41) is 11.7. The molecule has 5 heterocycles. The van der Waals surface area contributed by atoms with Gasteiger partial charge in [-0.15, -0.1) is 22.7 Å². The van der Waals surface area contributed by atoms with Gasteiger partial charge in [0.05, 0.1) is 16.6 Å². The van der Waals surface area contributed by atoms with Crippen LogP contribution in [0.5, 0.6) is 0 Å². The van der Waals surface area contributed by atoms with Crippen molar-refractivity contribution in [1.82, 2.24) is 14.1 Å². The normalized spacial score (nSPS) is 13.0. The monoisotopic (exact) mass is 873 g/mol. The van der Waals surface area contributed by atoms with Gasteiger partial charge >= 0.3 is 0 Å². The SMILES string of the molecule is Cn1c(-c2ccccc2)nc2cc3c(cc21)-n1c2cc4c(cc2c2ccc(-c5cc6c(cc5Nc5ccc(C(C)(C)C)cc5)sc5ccc(C(C)(C)C)cc56)c(c21)[B]3)sc1ccccc14. The molecule has 0 amide bonds. The molecule has 4 aromatic heterocycles. The average molecular weight is 874 g/mol. The van der Waals surface area contributed by atoms with Crippen LogP contribution in [0.15, 0.2) is 146 Å². The van der Waals surface area contributed by atoms with Crippen molar-refractivity contribution in [3.63, 3.8) is 0 Å². The number of anilines is 2. The molecule has 0 unspecified atom stereocenters. The second-order valence-electron chi connectivity index (χ2n) is 20.0. The zero-order valence-electron chi connectivity index (χ0n) is 37.6. The van der Waals surface area contributed by atoms with Crippen molar-refractivity contribution in [2.75, 3.05) is 5.32 Å². The number of aryl methyl sites for hydroxylation is 1. The van der Waals surface area contributed by atoms with Crippen molar-refractivity contribution in [3.8, 4) is 28.2 Å². The molecule has 8 aromatic carbocycles. The third kappa shape index (κ3) is 5.91. The van der Waals surface area contributed by atoms with Gasteiger partial charge in [-0.2, -0.15) is 0 Å². The van der Waals surface area contributed by atoms with Crippen LogP contribution < -0.4 is 16.2 Å². The Morgan fingerprint density at radius 1 is 0.538 bits per heavy atom. The third-order valence-electron chi connectivity index (χ3n) is 13.9. The molecule has 12 aromatic rings. The highest BCUT2D eigenvalue weighted by Crippen LogP contribution is 2.46. The molecule has 0 bridgehead atoms. The van der Waals surface area contributed by atoms with E-state index in [2.05, 4.69) is 216 Å². The topological polar surface area (TPSA) is 34.8 Å². The van der Waals surface area contributed by atoms with E-state index in [0.29, 0.717) is 0 Å². The largest absolute Gasteiger partial charge is 0.355 e. The lowest BCUT2D eigenvalue weighted by atomic mass is 9.59. The molecular formula is C58H46BN4S2. The first-order valence-electron chi connectivity index (χ1n) is 22.6. The summed E-state index contributed by atoms with van der Waals surface area (Å²) in [6, 6.07) is 54.7. The maximum Gasteiger partial charge on any atom is 0.198 e. The van der Waals surface area contributed by atoms with Gasteiger partial charge in [0.25, 0.3) is 0 Å². The van der Waals surface area contributed by atoms with Crippen LogP contribution in [0, 0.1) is 0 Å². The Morgan fingerprint density at radius 2 is 1.23 bits per heavy atom. The van der Waals surface area contributed by atoms with Crippen LogP contribution >= 0.6 is 22.7 Å². The second kappa shape index (κ2) is 13.7. The van der Waals surface area contributed by atoms with Crippen LogP contribution in [0.2, 0.25) is 0 Å². The number of thiophene rings is 2. The van der Waals surface area contributed by atoms with Gasteiger partial charge in [-0.1, -0.05) is 126 Å². The number of nitrogens with zero attached hydrogens (tertiary/aromatic N) is 3. The van der Waals surface area contributed by atoms with E-state index in [-0.39, 0.29) is 10.8 Å². The summed E-state index contributed by atoms with van der Waals surface area (Å²) in [6.45, 7) is 13.7. The summed E-state index contributed by atoms with van der Waals surface area (Å²) < 4.78 is 10.0. The molecular weight excluding hydrogens is 828 g/mol. The Kier molecular flexibility index (Phi) is 8.16. The zero-order chi connectivity index (χ0) is 44.1. The van der Waals surface area contributed by atoms with Crippen molar-refractivity contribution in [1.29, 1.82) is 0 Å². The molecule has 0 atom stereocenters. The van der Waals surface area contributed by atoms with E-state index < -0.39 is 0 Å². The van der Waals surface area contributed by atoms with Gasteiger partial charge in [0.1, 0.15) is 5.82 Å². The molecule has 1 aliphatic rings. The first-order valence-corrected chi connectivity index (χ1v) is 24.2. The number of nitrogens with one attached hydrogen (secondary N) is 1. The Balaban J connectivity index is 1.10. The van der Waals surface area contributed by atoms with Gasteiger partial charge in [-0.25, -0.2) is 4.98 Å². The minimum Gasteiger partial charge on any atom is -0.355 e. The Morgan fingerprint density at radius 3 is 2.02 bits per heavy atom. The molecule has 0 aliphatic carbocycles. The van der Waals surface area contributed by atoms with E-state index >= 15 is 0 Å². The number of fused-ring (bicyclic) bond motifs is 12. The third-order valence-corrected chi connectivity index (χ3v) is 16.1. The molecule has 1 N–H and O–H groups in total. The maximum atomic E-state index is 5.28. The number of imidazole rings is 1. The fraction of sp³-hybridized carbons (Fsp3) is 0.155. The number of rotatable bonds is 4. The predicted octanol–water partition coefficient (Wildman–Crippen LogP) is 15.0. The average Bonchev–Trinajstić information content (AvgIpc) is 4.03. The quantitative estimate of drug-likeness (QED) is 0.179. The van der Waals surface area contributed by atoms with Crippen LogP contribution in [-0.2, 0) is 17.9 Å². The lowest BCUT2D eigenvalue weighted by Crippen LogP contribution is -2.37. The lowest BCUT2D eigenvalue weighted by Gasteiger charge is -2.24. The highest BCUT2D eigenvalue weighted by atomic mass is 32.1. The summed E-state index contributed by atoms with van der Waals surface area (Å²) in [5.41, 5.74) is 16.6. The van der Waals surface area contributed by atoms with E-state index in [0.717, 1.165) is 39.3 Å². The fourth-order valence-electron chi connectivity index (χ4n) is 10.4. The predicted molar refractivity (Wildman–Crippen MR) is 284 cm³/mol. The van der Waals surface area contributed by atoms with Crippen molar-refractivity contribution in [3.05, 3.63) is 157 Å². The first-order chi connectivity index (χ1) is 31.4. The minimum atomic E-state index is 0.0403. The molecule has 0 fully saturated rings. The molecule has 7 heteroatoms. The zero-order valence-corrected chi connectivity index (χ0v) is 39.2. The van der Waals surface area contributed by atoms with Crippen LogP contribution in [-0.4, -0.2) is 21.4 Å². The molecule has 313 valence electrons. The fourth-order valence-corrected chi connectivity index (χ4v) is 12.6. The van der Waals surface area contributed by atoms with Gasteiger partial charge in [0, 0.05) is 91.9 Å².